The molecule has 0 unspecified atom stereocenters. The molecule has 32 heavy (non-hydrogen) atoms. The van der Waals surface area contributed by atoms with E-state index in [1.807, 2.05) is 49.4 Å². The first kappa shape index (κ1) is 22.9. The predicted octanol–water partition coefficient (Wildman–Crippen LogP) is 3.35. The summed E-state index contributed by atoms with van der Waals surface area (Å²) in [6.07, 6.45) is 0.942. The van der Waals surface area contributed by atoms with E-state index in [4.69, 9.17) is 18.9 Å². The minimum atomic E-state index is -0.630. The van der Waals surface area contributed by atoms with E-state index in [0.29, 0.717) is 18.1 Å². The van der Waals surface area contributed by atoms with Crippen LogP contribution in [0.3, 0.4) is 0 Å². The highest BCUT2D eigenvalue weighted by Crippen LogP contribution is 2.17. The second kappa shape index (κ2) is 12.1. The molecular formula is C24H26N2O6. The lowest BCUT2D eigenvalue weighted by atomic mass is 10.3. The molecule has 0 saturated carbocycles. The average molecular weight is 438 g/mol. The van der Waals surface area contributed by atoms with E-state index < -0.39 is 5.97 Å². The summed E-state index contributed by atoms with van der Waals surface area (Å²) in [5, 5.41) is 4.07. The molecule has 1 heterocycles. The first-order valence-corrected chi connectivity index (χ1v) is 10.4. The lowest BCUT2D eigenvalue weighted by Crippen LogP contribution is -2.27. The Morgan fingerprint density at radius 3 is 2.09 bits per heavy atom. The Balaban J connectivity index is 1.43. The van der Waals surface area contributed by atoms with Crippen LogP contribution in [0.15, 0.2) is 71.5 Å². The number of para-hydroxylation sites is 1. The van der Waals surface area contributed by atoms with E-state index in [9.17, 15) is 9.59 Å². The highest BCUT2D eigenvalue weighted by molar-refractivity contribution is 5.86. The minimum absolute atomic E-state index is 0.0433. The van der Waals surface area contributed by atoms with Gasteiger partial charge >= 0.3 is 5.97 Å². The van der Waals surface area contributed by atoms with E-state index in [1.54, 1.807) is 12.1 Å². The molecular weight excluding hydrogens is 412 g/mol. The number of hydrogen-bond donors (Lipinski definition) is 0. The molecule has 0 aliphatic rings. The van der Waals surface area contributed by atoms with Crippen molar-refractivity contribution >= 4 is 5.97 Å². The summed E-state index contributed by atoms with van der Waals surface area (Å²) in [6.45, 7) is 3.39. The van der Waals surface area contributed by atoms with Gasteiger partial charge in [0.1, 0.15) is 37.1 Å². The van der Waals surface area contributed by atoms with Gasteiger partial charge in [-0.2, -0.15) is 5.10 Å². The Labute approximate surface area is 186 Å². The van der Waals surface area contributed by atoms with Gasteiger partial charge in [0.25, 0.3) is 5.56 Å². The van der Waals surface area contributed by atoms with Crippen LogP contribution in [0.25, 0.3) is 0 Å². The molecule has 0 atom stereocenters. The van der Waals surface area contributed by atoms with Gasteiger partial charge in [0.05, 0.1) is 13.2 Å². The monoisotopic (exact) mass is 438 g/mol. The highest BCUT2D eigenvalue weighted by atomic mass is 16.6. The fourth-order valence-corrected chi connectivity index (χ4v) is 2.70. The van der Waals surface area contributed by atoms with Gasteiger partial charge in [-0.15, -0.1) is 0 Å². The van der Waals surface area contributed by atoms with Crippen LogP contribution in [0.2, 0.25) is 0 Å². The number of aromatic nitrogens is 2. The third kappa shape index (κ3) is 7.16. The van der Waals surface area contributed by atoms with E-state index in [2.05, 4.69) is 5.10 Å². The lowest BCUT2D eigenvalue weighted by molar-refractivity contribution is 0.0440. The summed E-state index contributed by atoms with van der Waals surface area (Å²) in [4.78, 5) is 24.3. The molecule has 0 spiro atoms. The molecule has 0 radical (unpaired) electrons. The second-order valence-electron chi connectivity index (χ2n) is 6.75. The number of benzene rings is 2. The largest absolute Gasteiger partial charge is 0.494 e. The Hall–Kier alpha value is -3.81. The molecule has 0 aliphatic carbocycles. The number of ether oxygens (including phenoxy) is 4. The van der Waals surface area contributed by atoms with E-state index in [0.717, 1.165) is 12.2 Å². The predicted molar refractivity (Wildman–Crippen MR) is 118 cm³/mol. The van der Waals surface area contributed by atoms with Crippen molar-refractivity contribution in [2.75, 3.05) is 26.4 Å². The zero-order valence-corrected chi connectivity index (χ0v) is 17.9. The maximum atomic E-state index is 12.3. The molecule has 8 heteroatoms. The maximum absolute atomic E-state index is 12.3. The standard InChI is InChI=1S/C24H26N2O6/c1-2-15-29-20-8-10-21(11-9-20)31-17-18-32-24(28)22-12-13-23(27)26(25-22)14-16-30-19-6-4-3-5-7-19/h3-13H,2,14-18H2,1H3. The number of rotatable bonds is 12. The smallest absolute Gasteiger partial charge is 0.358 e. The average Bonchev–Trinajstić information content (AvgIpc) is 2.83. The van der Waals surface area contributed by atoms with Crippen LogP contribution < -0.4 is 19.8 Å². The summed E-state index contributed by atoms with van der Waals surface area (Å²) in [5.74, 6) is 1.49. The molecule has 3 aromatic rings. The molecule has 168 valence electrons. The summed E-state index contributed by atoms with van der Waals surface area (Å²) >= 11 is 0. The van der Waals surface area contributed by atoms with Crippen molar-refractivity contribution in [2.24, 2.45) is 0 Å². The molecule has 0 saturated heterocycles. The van der Waals surface area contributed by atoms with Crippen molar-refractivity contribution in [1.82, 2.24) is 9.78 Å². The summed E-state index contributed by atoms with van der Waals surface area (Å²) in [7, 11) is 0. The third-order valence-corrected chi connectivity index (χ3v) is 4.27. The molecule has 0 bridgehead atoms. The van der Waals surface area contributed by atoms with Gasteiger partial charge in [0, 0.05) is 6.07 Å². The Morgan fingerprint density at radius 1 is 0.781 bits per heavy atom. The summed E-state index contributed by atoms with van der Waals surface area (Å²) in [6, 6.07) is 19.1. The van der Waals surface area contributed by atoms with Crippen LogP contribution in [-0.2, 0) is 11.3 Å². The van der Waals surface area contributed by atoms with Gasteiger partial charge < -0.3 is 18.9 Å². The van der Waals surface area contributed by atoms with Crippen LogP contribution in [0.5, 0.6) is 17.2 Å². The number of esters is 1. The molecule has 0 aliphatic heterocycles. The number of carbonyl (C=O) groups is 1. The molecule has 2 aromatic carbocycles. The fraction of sp³-hybridized carbons (Fsp3) is 0.292. The van der Waals surface area contributed by atoms with Gasteiger partial charge in [-0.1, -0.05) is 25.1 Å². The number of hydrogen-bond acceptors (Lipinski definition) is 7. The van der Waals surface area contributed by atoms with Gasteiger partial charge in [0.2, 0.25) is 0 Å². The number of nitrogens with zero attached hydrogens (tertiary/aromatic N) is 2. The van der Waals surface area contributed by atoms with E-state index >= 15 is 0 Å². The summed E-state index contributed by atoms with van der Waals surface area (Å²) < 4.78 is 23.0. The second-order valence-corrected chi connectivity index (χ2v) is 6.75. The first-order valence-electron chi connectivity index (χ1n) is 10.4. The minimum Gasteiger partial charge on any atom is -0.494 e. The normalized spacial score (nSPS) is 10.4. The van der Waals surface area contributed by atoms with Crippen LogP contribution in [0.1, 0.15) is 23.8 Å². The quantitative estimate of drug-likeness (QED) is 0.316. The first-order chi connectivity index (χ1) is 15.7. The van der Waals surface area contributed by atoms with Crippen molar-refractivity contribution in [3.05, 3.63) is 82.8 Å². The SMILES string of the molecule is CCCOc1ccc(OCCOC(=O)c2ccc(=O)n(CCOc3ccccc3)n2)cc1. The lowest BCUT2D eigenvalue weighted by Gasteiger charge is -2.10. The van der Waals surface area contributed by atoms with Crippen LogP contribution >= 0.6 is 0 Å². The topological polar surface area (TPSA) is 88.9 Å². The Kier molecular flexibility index (Phi) is 8.68. The molecule has 3 rings (SSSR count). The maximum Gasteiger partial charge on any atom is 0.358 e. The Morgan fingerprint density at radius 2 is 1.41 bits per heavy atom. The van der Waals surface area contributed by atoms with Gasteiger partial charge in [-0.25, -0.2) is 9.48 Å². The van der Waals surface area contributed by atoms with Crippen LogP contribution in [0.4, 0.5) is 0 Å². The van der Waals surface area contributed by atoms with Crippen molar-refractivity contribution < 1.29 is 23.7 Å². The highest BCUT2D eigenvalue weighted by Gasteiger charge is 2.11. The molecule has 8 nitrogen and oxygen atoms in total. The van der Waals surface area contributed by atoms with Crippen LogP contribution in [-0.4, -0.2) is 42.2 Å². The van der Waals surface area contributed by atoms with E-state index in [1.165, 1.54) is 16.8 Å². The van der Waals surface area contributed by atoms with Crippen molar-refractivity contribution in [2.45, 2.75) is 19.9 Å². The molecule has 0 fully saturated rings. The molecule has 0 N–H and O–H groups in total. The van der Waals surface area contributed by atoms with Gasteiger partial charge in [-0.05, 0) is 48.9 Å². The van der Waals surface area contributed by atoms with Crippen molar-refractivity contribution in [3.63, 3.8) is 0 Å². The van der Waals surface area contributed by atoms with Crippen LogP contribution in [0, 0.1) is 0 Å². The Bertz CT molecular complexity index is 1030. The fourth-order valence-electron chi connectivity index (χ4n) is 2.70. The molecule has 1 aromatic heterocycles. The van der Waals surface area contributed by atoms with Crippen molar-refractivity contribution in [1.29, 1.82) is 0 Å². The number of carbonyl (C=O) groups excluding carboxylic acids is 1. The zero-order chi connectivity index (χ0) is 22.6. The van der Waals surface area contributed by atoms with Crippen molar-refractivity contribution in [3.8, 4) is 17.2 Å². The third-order valence-electron chi connectivity index (χ3n) is 4.27. The zero-order valence-electron chi connectivity index (χ0n) is 17.9. The van der Waals surface area contributed by atoms with Gasteiger partial charge in [-0.3, -0.25) is 4.79 Å². The summed E-state index contributed by atoms with van der Waals surface area (Å²) in [5.41, 5.74) is -0.283. The van der Waals surface area contributed by atoms with E-state index in [-0.39, 0.29) is 37.6 Å². The van der Waals surface area contributed by atoms with Gasteiger partial charge in [0.15, 0.2) is 5.69 Å². The molecule has 0 amide bonds.